The first kappa shape index (κ1) is 9.40. The zero-order chi connectivity index (χ0) is 9.80. The number of aromatic nitrogens is 2. The topological polar surface area (TPSA) is 47.0 Å². The highest BCUT2D eigenvalue weighted by Crippen LogP contribution is 2.11. The maximum Gasteiger partial charge on any atom is 0.233 e. The number of methoxy groups -OCH3 is 1. The third kappa shape index (κ3) is 2.20. The van der Waals surface area contributed by atoms with Crippen LogP contribution in [0.4, 0.5) is 0 Å². The van der Waals surface area contributed by atoms with E-state index in [1.807, 2.05) is 12.1 Å². The Morgan fingerprint density at radius 2 is 2.43 bits per heavy atom. The molecule has 1 aliphatic rings. The number of rotatable bonds is 3. The number of ether oxygens (including phenoxy) is 1. The van der Waals surface area contributed by atoms with Crippen LogP contribution in [-0.4, -0.2) is 29.9 Å². The highest BCUT2D eigenvalue weighted by Gasteiger charge is 2.14. The molecule has 4 nitrogen and oxygen atoms in total. The lowest BCUT2D eigenvalue weighted by Crippen LogP contribution is -2.24. The van der Waals surface area contributed by atoms with Gasteiger partial charge in [0.25, 0.3) is 0 Å². The molecule has 1 unspecified atom stereocenters. The maximum atomic E-state index is 4.95. The van der Waals surface area contributed by atoms with Crippen LogP contribution in [0.15, 0.2) is 12.1 Å². The zero-order valence-corrected chi connectivity index (χ0v) is 8.36. The minimum atomic E-state index is 0.577. The first-order valence-corrected chi connectivity index (χ1v) is 4.98. The van der Waals surface area contributed by atoms with Crippen LogP contribution in [0.2, 0.25) is 0 Å². The van der Waals surface area contributed by atoms with Crippen LogP contribution in [0.3, 0.4) is 0 Å². The van der Waals surface area contributed by atoms with E-state index in [4.69, 9.17) is 4.74 Å². The van der Waals surface area contributed by atoms with Gasteiger partial charge in [-0.2, -0.15) is 5.10 Å². The number of hydrogen-bond acceptors (Lipinski definition) is 4. The van der Waals surface area contributed by atoms with E-state index < -0.39 is 0 Å². The lowest BCUT2D eigenvalue weighted by molar-refractivity contribution is 0.390. The molecule has 14 heavy (non-hydrogen) atoms. The van der Waals surface area contributed by atoms with Crippen molar-refractivity contribution in [3.05, 3.63) is 17.8 Å². The fourth-order valence-electron chi connectivity index (χ4n) is 1.75. The molecule has 1 aliphatic heterocycles. The Balaban J connectivity index is 1.95. The van der Waals surface area contributed by atoms with Gasteiger partial charge in [0.05, 0.1) is 12.8 Å². The molecule has 0 radical (unpaired) electrons. The van der Waals surface area contributed by atoms with E-state index in [0.29, 0.717) is 11.9 Å². The number of hydrogen-bond donors (Lipinski definition) is 1. The van der Waals surface area contributed by atoms with Gasteiger partial charge in [-0.25, -0.2) is 0 Å². The van der Waals surface area contributed by atoms with E-state index in [1.54, 1.807) is 7.11 Å². The Hall–Kier alpha value is -1.16. The quantitative estimate of drug-likeness (QED) is 0.770. The summed E-state index contributed by atoms with van der Waals surface area (Å²) >= 11 is 0. The molecule has 1 saturated heterocycles. The fourth-order valence-corrected chi connectivity index (χ4v) is 1.75. The average Bonchev–Trinajstić information content (AvgIpc) is 2.72. The molecule has 4 heteroatoms. The van der Waals surface area contributed by atoms with Crippen molar-refractivity contribution < 1.29 is 4.74 Å². The van der Waals surface area contributed by atoms with Gasteiger partial charge in [0.15, 0.2) is 0 Å². The second kappa shape index (κ2) is 4.37. The Bertz CT molecular complexity index is 280. The molecule has 2 heterocycles. The smallest absolute Gasteiger partial charge is 0.233 e. The van der Waals surface area contributed by atoms with Crippen LogP contribution in [0.1, 0.15) is 18.5 Å². The Morgan fingerprint density at radius 3 is 3.00 bits per heavy atom. The molecule has 1 aromatic heterocycles. The second-order valence-corrected chi connectivity index (χ2v) is 3.56. The molecule has 2 rings (SSSR count). The predicted molar refractivity (Wildman–Crippen MR) is 53.3 cm³/mol. The third-order valence-corrected chi connectivity index (χ3v) is 2.52. The molecule has 1 atom stereocenters. The molecule has 1 aromatic rings. The SMILES string of the molecule is COc1ccc(CC2CCCN2)nn1. The van der Waals surface area contributed by atoms with Crippen molar-refractivity contribution in [1.82, 2.24) is 15.5 Å². The van der Waals surface area contributed by atoms with Crippen LogP contribution in [-0.2, 0) is 6.42 Å². The van der Waals surface area contributed by atoms with E-state index >= 15 is 0 Å². The van der Waals surface area contributed by atoms with Crippen LogP contribution < -0.4 is 10.1 Å². The van der Waals surface area contributed by atoms with E-state index in [2.05, 4.69) is 15.5 Å². The van der Waals surface area contributed by atoms with Crippen LogP contribution in [0, 0.1) is 0 Å². The van der Waals surface area contributed by atoms with Gasteiger partial charge in [0, 0.05) is 18.5 Å². The van der Waals surface area contributed by atoms with Crippen molar-refractivity contribution in [2.75, 3.05) is 13.7 Å². The molecule has 0 aromatic carbocycles. The monoisotopic (exact) mass is 193 g/mol. The summed E-state index contributed by atoms with van der Waals surface area (Å²) in [6.45, 7) is 1.13. The van der Waals surface area contributed by atoms with E-state index in [9.17, 15) is 0 Å². The molecular formula is C10H15N3O. The molecule has 0 aliphatic carbocycles. The normalized spacial score (nSPS) is 21.1. The van der Waals surface area contributed by atoms with Gasteiger partial charge in [-0.05, 0) is 25.5 Å². The molecule has 76 valence electrons. The molecule has 1 fully saturated rings. The Morgan fingerprint density at radius 1 is 1.50 bits per heavy atom. The summed E-state index contributed by atoms with van der Waals surface area (Å²) in [5, 5.41) is 11.5. The Kier molecular flexibility index (Phi) is 2.93. The first-order valence-electron chi connectivity index (χ1n) is 4.98. The summed E-state index contributed by atoms with van der Waals surface area (Å²) in [5.74, 6) is 0.577. The Labute approximate surface area is 83.7 Å². The summed E-state index contributed by atoms with van der Waals surface area (Å²) in [4.78, 5) is 0. The summed E-state index contributed by atoms with van der Waals surface area (Å²) in [6, 6.07) is 4.42. The predicted octanol–water partition coefficient (Wildman–Crippen LogP) is 0.780. The molecule has 0 amide bonds. The highest BCUT2D eigenvalue weighted by molar-refractivity contribution is 5.12. The van der Waals surface area contributed by atoms with Gasteiger partial charge in [0.1, 0.15) is 0 Å². The number of nitrogens with one attached hydrogen (secondary N) is 1. The van der Waals surface area contributed by atoms with E-state index in [0.717, 1.165) is 18.7 Å². The lowest BCUT2D eigenvalue weighted by atomic mass is 10.1. The third-order valence-electron chi connectivity index (χ3n) is 2.52. The molecule has 0 spiro atoms. The van der Waals surface area contributed by atoms with Crippen LogP contribution >= 0.6 is 0 Å². The standard InChI is InChI=1S/C10H15N3O/c1-14-10-5-4-9(12-13-10)7-8-3-2-6-11-8/h4-5,8,11H,2-3,6-7H2,1H3. The van der Waals surface area contributed by atoms with Crippen LogP contribution in [0.25, 0.3) is 0 Å². The summed E-state index contributed by atoms with van der Waals surface area (Å²) < 4.78 is 4.95. The van der Waals surface area contributed by atoms with Gasteiger partial charge in [0.2, 0.25) is 5.88 Å². The average molecular weight is 193 g/mol. The fraction of sp³-hybridized carbons (Fsp3) is 0.600. The molecular weight excluding hydrogens is 178 g/mol. The molecule has 0 bridgehead atoms. The van der Waals surface area contributed by atoms with Gasteiger partial charge in [-0.1, -0.05) is 0 Å². The van der Waals surface area contributed by atoms with Crippen molar-refractivity contribution >= 4 is 0 Å². The van der Waals surface area contributed by atoms with E-state index in [1.165, 1.54) is 12.8 Å². The van der Waals surface area contributed by atoms with Crippen molar-refractivity contribution in [3.8, 4) is 5.88 Å². The molecule has 0 saturated carbocycles. The van der Waals surface area contributed by atoms with Crippen molar-refractivity contribution in [2.24, 2.45) is 0 Å². The van der Waals surface area contributed by atoms with Crippen molar-refractivity contribution in [1.29, 1.82) is 0 Å². The first-order chi connectivity index (χ1) is 6.88. The van der Waals surface area contributed by atoms with Gasteiger partial charge in [-0.3, -0.25) is 0 Å². The van der Waals surface area contributed by atoms with E-state index in [-0.39, 0.29) is 0 Å². The summed E-state index contributed by atoms with van der Waals surface area (Å²) in [6.07, 6.45) is 3.49. The second-order valence-electron chi connectivity index (χ2n) is 3.56. The minimum Gasteiger partial charge on any atom is -0.480 e. The summed E-state index contributed by atoms with van der Waals surface area (Å²) in [5.41, 5.74) is 1.03. The maximum absolute atomic E-state index is 4.95. The van der Waals surface area contributed by atoms with Crippen molar-refractivity contribution in [2.45, 2.75) is 25.3 Å². The molecule has 1 N–H and O–H groups in total. The highest BCUT2D eigenvalue weighted by atomic mass is 16.5. The largest absolute Gasteiger partial charge is 0.480 e. The minimum absolute atomic E-state index is 0.577. The summed E-state index contributed by atoms with van der Waals surface area (Å²) in [7, 11) is 1.60. The van der Waals surface area contributed by atoms with Gasteiger partial charge >= 0.3 is 0 Å². The number of nitrogens with zero attached hydrogens (tertiary/aromatic N) is 2. The zero-order valence-electron chi connectivity index (χ0n) is 8.36. The van der Waals surface area contributed by atoms with Crippen LogP contribution in [0.5, 0.6) is 5.88 Å². The van der Waals surface area contributed by atoms with Gasteiger partial charge < -0.3 is 10.1 Å². The van der Waals surface area contributed by atoms with Gasteiger partial charge in [-0.15, -0.1) is 5.10 Å². The lowest BCUT2D eigenvalue weighted by Gasteiger charge is -2.08. The van der Waals surface area contributed by atoms with Crippen molar-refractivity contribution in [3.63, 3.8) is 0 Å².